The molecular weight excluding hydrogens is 262 g/mol. The van der Waals surface area contributed by atoms with Crippen LogP contribution in [0.15, 0.2) is 18.2 Å². The summed E-state index contributed by atoms with van der Waals surface area (Å²) in [6, 6.07) is 3.86. The van der Waals surface area contributed by atoms with Gasteiger partial charge >= 0.3 is 6.18 Å². The fraction of sp³-hybridized carbons (Fsp3) is 0.538. The van der Waals surface area contributed by atoms with E-state index in [9.17, 15) is 17.6 Å². The number of alkyl halides is 3. The summed E-state index contributed by atoms with van der Waals surface area (Å²) in [7, 11) is 1.41. The average molecular weight is 279 g/mol. The van der Waals surface area contributed by atoms with E-state index in [0.717, 1.165) is 0 Å². The Morgan fingerprint density at radius 3 is 2.58 bits per heavy atom. The number of nitrogens with one attached hydrogen (secondary N) is 1. The number of hydrogen-bond donors (Lipinski definition) is 1. The van der Waals surface area contributed by atoms with E-state index >= 15 is 0 Å². The largest absolute Gasteiger partial charge is 0.494 e. The molecule has 1 unspecified atom stereocenters. The van der Waals surface area contributed by atoms with Crippen molar-refractivity contribution in [3.63, 3.8) is 0 Å². The summed E-state index contributed by atoms with van der Waals surface area (Å²) >= 11 is 0. The number of benzene rings is 1. The van der Waals surface area contributed by atoms with Gasteiger partial charge in [0.2, 0.25) is 0 Å². The standard InChI is InChI=1S/C13H17F4NO/c1-9(4-3-7-13(15,16)17)18-11-6-5-10(14)8-12(11)19-2/h5-6,8-9,18H,3-4,7H2,1-2H3. The van der Waals surface area contributed by atoms with Gasteiger partial charge in [0.15, 0.2) is 0 Å². The highest BCUT2D eigenvalue weighted by atomic mass is 19.4. The molecule has 19 heavy (non-hydrogen) atoms. The zero-order valence-corrected chi connectivity index (χ0v) is 10.9. The minimum absolute atomic E-state index is 0.0567. The second-order valence-corrected chi connectivity index (χ2v) is 4.40. The summed E-state index contributed by atoms with van der Waals surface area (Å²) in [6.45, 7) is 1.78. The van der Waals surface area contributed by atoms with Gasteiger partial charge in [0.1, 0.15) is 11.6 Å². The zero-order chi connectivity index (χ0) is 14.5. The van der Waals surface area contributed by atoms with Crippen molar-refractivity contribution in [2.24, 2.45) is 0 Å². The molecule has 0 saturated carbocycles. The lowest BCUT2D eigenvalue weighted by atomic mass is 10.1. The Hall–Kier alpha value is -1.46. The minimum atomic E-state index is -4.12. The molecule has 0 bridgehead atoms. The van der Waals surface area contributed by atoms with E-state index < -0.39 is 18.4 Å². The SMILES string of the molecule is COc1cc(F)ccc1NC(C)CCCC(F)(F)F. The molecule has 6 heteroatoms. The van der Waals surface area contributed by atoms with E-state index in [1.165, 1.54) is 25.3 Å². The Kier molecular flexibility index (Phi) is 5.44. The van der Waals surface area contributed by atoms with Crippen molar-refractivity contribution in [3.8, 4) is 5.75 Å². The van der Waals surface area contributed by atoms with Gasteiger partial charge in [-0.05, 0) is 31.9 Å². The minimum Gasteiger partial charge on any atom is -0.494 e. The van der Waals surface area contributed by atoms with E-state index in [1.807, 2.05) is 0 Å². The van der Waals surface area contributed by atoms with E-state index in [1.54, 1.807) is 6.92 Å². The number of ether oxygens (including phenoxy) is 1. The Morgan fingerprint density at radius 1 is 1.32 bits per heavy atom. The van der Waals surface area contributed by atoms with Crippen LogP contribution in [-0.2, 0) is 0 Å². The molecule has 1 aromatic rings. The number of methoxy groups -OCH3 is 1. The first kappa shape index (κ1) is 15.6. The highest BCUT2D eigenvalue weighted by Gasteiger charge is 2.26. The van der Waals surface area contributed by atoms with Crippen molar-refractivity contribution in [2.45, 2.75) is 38.4 Å². The molecule has 108 valence electrons. The first-order valence-corrected chi connectivity index (χ1v) is 5.98. The van der Waals surface area contributed by atoms with Crippen LogP contribution in [0.25, 0.3) is 0 Å². The highest BCUT2D eigenvalue weighted by molar-refractivity contribution is 5.56. The van der Waals surface area contributed by atoms with Gasteiger partial charge in [0.25, 0.3) is 0 Å². The molecule has 1 atom stereocenters. The smallest absolute Gasteiger partial charge is 0.389 e. The predicted octanol–water partition coefficient (Wildman–Crippen LogP) is 4.37. The van der Waals surface area contributed by atoms with Gasteiger partial charge in [-0.1, -0.05) is 0 Å². The fourth-order valence-corrected chi connectivity index (χ4v) is 1.73. The van der Waals surface area contributed by atoms with Crippen LogP contribution in [0.4, 0.5) is 23.2 Å². The summed E-state index contributed by atoms with van der Waals surface area (Å²) in [4.78, 5) is 0. The summed E-state index contributed by atoms with van der Waals surface area (Å²) in [6.07, 6.45) is -4.48. The van der Waals surface area contributed by atoms with Crippen LogP contribution in [0.1, 0.15) is 26.2 Å². The topological polar surface area (TPSA) is 21.3 Å². The van der Waals surface area contributed by atoms with Crippen LogP contribution in [0, 0.1) is 5.82 Å². The summed E-state index contributed by atoms with van der Waals surface area (Å²) < 4.78 is 54.0. The maximum Gasteiger partial charge on any atom is 0.389 e. The van der Waals surface area contributed by atoms with Crippen molar-refractivity contribution >= 4 is 5.69 Å². The molecule has 0 aliphatic heterocycles. The number of hydrogen-bond acceptors (Lipinski definition) is 2. The van der Waals surface area contributed by atoms with Gasteiger partial charge in [-0.15, -0.1) is 0 Å². The lowest BCUT2D eigenvalue weighted by molar-refractivity contribution is -0.135. The predicted molar refractivity (Wildman–Crippen MR) is 65.9 cm³/mol. The van der Waals surface area contributed by atoms with Crippen LogP contribution in [0.2, 0.25) is 0 Å². The molecule has 1 aromatic carbocycles. The molecule has 0 heterocycles. The van der Waals surface area contributed by atoms with Crippen molar-refractivity contribution < 1.29 is 22.3 Å². The lowest BCUT2D eigenvalue weighted by Gasteiger charge is -2.17. The molecule has 0 aliphatic carbocycles. The van der Waals surface area contributed by atoms with E-state index in [0.29, 0.717) is 17.9 Å². The fourth-order valence-electron chi connectivity index (χ4n) is 1.73. The second kappa shape index (κ2) is 6.63. The molecule has 0 amide bonds. The lowest BCUT2D eigenvalue weighted by Crippen LogP contribution is -2.17. The maximum absolute atomic E-state index is 13.0. The molecule has 0 radical (unpaired) electrons. The van der Waals surface area contributed by atoms with Crippen molar-refractivity contribution in [1.29, 1.82) is 0 Å². The van der Waals surface area contributed by atoms with E-state index in [4.69, 9.17) is 4.74 Å². The number of halogens is 4. The normalized spacial score (nSPS) is 13.2. The number of anilines is 1. The number of rotatable bonds is 6. The van der Waals surface area contributed by atoms with E-state index in [-0.39, 0.29) is 12.5 Å². The molecule has 0 saturated heterocycles. The van der Waals surface area contributed by atoms with Gasteiger partial charge in [0, 0.05) is 18.5 Å². The van der Waals surface area contributed by atoms with E-state index in [2.05, 4.69) is 5.32 Å². The van der Waals surface area contributed by atoms with Crippen LogP contribution in [0.3, 0.4) is 0 Å². The Bertz CT molecular complexity index is 406. The van der Waals surface area contributed by atoms with Crippen molar-refractivity contribution in [1.82, 2.24) is 0 Å². The molecule has 0 aliphatic rings. The third kappa shape index (κ3) is 5.81. The first-order chi connectivity index (χ1) is 8.81. The van der Waals surface area contributed by atoms with Gasteiger partial charge < -0.3 is 10.1 Å². The van der Waals surface area contributed by atoms with Gasteiger partial charge in [-0.25, -0.2) is 4.39 Å². The van der Waals surface area contributed by atoms with Gasteiger partial charge in [-0.3, -0.25) is 0 Å². The van der Waals surface area contributed by atoms with Crippen LogP contribution >= 0.6 is 0 Å². The maximum atomic E-state index is 13.0. The molecule has 1 N–H and O–H groups in total. The van der Waals surface area contributed by atoms with Gasteiger partial charge in [-0.2, -0.15) is 13.2 Å². The monoisotopic (exact) mass is 279 g/mol. The zero-order valence-electron chi connectivity index (χ0n) is 10.9. The second-order valence-electron chi connectivity index (χ2n) is 4.40. The van der Waals surface area contributed by atoms with Crippen molar-refractivity contribution in [2.75, 3.05) is 12.4 Å². The molecule has 0 aromatic heterocycles. The molecule has 1 rings (SSSR count). The molecule has 0 spiro atoms. The summed E-state index contributed by atoms with van der Waals surface area (Å²) in [5.41, 5.74) is 0.573. The van der Waals surface area contributed by atoms with Crippen LogP contribution in [-0.4, -0.2) is 19.3 Å². The molecule has 2 nitrogen and oxygen atoms in total. The Morgan fingerprint density at radius 2 is 2.00 bits per heavy atom. The Labute approximate surface area is 109 Å². The third-order valence-electron chi connectivity index (χ3n) is 2.66. The quantitative estimate of drug-likeness (QED) is 0.781. The average Bonchev–Trinajstić information content (AvgIpc) is 2.29. The summed E-state index contributed by atoms with van der Waals surface area (Å²) in [5, 5.41) is 3.02. The molecular formula is C13H17F4NO. The summed E-state index contributed by atoms with van der Waals surface area (Å²) in [5.74, 6) is -0.0882. The first-order valence-electron chi connectivity index (χ1n) is 5.98. The molecule has 0 fully saturated rings. The highest BCUT2D eigenvalue weighted by Crippen LogP contribution is 2.27. The van der Waals surface area contributed by atoms with Gasteiger partial charge in [0.05, 0.1) is 12.8 Å². The van der Waals surface area contributed by atoms with Crippen LogP contribution in [0.5, 0.6) is 5.75 Å². The Balaban J connectivity index is 2.50. The third-order valence-corrected chi connectivity index (χ3v) is 2.66. The van der Waals surface area contributed by atoms with Crippen LogP contribution < -0.4 is 10.1 Å². The van der Waals surface area contributed by atoms with Crippen molar-refractivity contribution in [3.05, 3.63) is 24.0 Å².